The third-order valence-electron chi connectivity index (χ3n) is 1.22. The average molecular weight is 150 g/mol. The molecule has 0 spiro atoms. The predicted octanol–water partition coefficient (Wildman–Crippen LogP) is 0.217. The van der Waals surface area contributed by atoms with E-state index in [1.807, 2.05) is 0 Å². The number of hydrogen-bond donors (Lipinski definition) is 2. The first-order valence-electron chi connectivity index (χ1n) is 3.24. The van der Waals surface area contributed by atoms with Crippen LogP contribution in [0.25, 0.3) is 0 Å². The molecule has 0 fully saturated rings. The summed E-state index contributed by atoms with van der Waals surface area (Å²) in [5, 5.41) is 3.82. The monoisotopic (exact) mass is 150 g/mol. The van der Waals surface area contributed by atoms with Crippen molar-refractivity contribution < 1.29 is 0 Å². The molecule has 1 aromatic heterocycles. The van der Waals surface area contributed by atoms with Gasteiger partial charge in [-0.25, -0.2) is 0 Å². The molecule has 0 saturated heterocycles. The van der Waals surface area contributed by atoms with E-state index in [-0.39, 0.29) is 0 Å². The Morgan fingerprint density at radius 1 is 1.73 bits per heavy atom. The van der Waals surface area contributed by atoms with E-state index in [1.54, 1.807) is 31.7 Å². The predicted molar refractivity (Wildman–Crippen MR) is 45.3 cm³/mol. The van der Waals surface area contributed by atoms with E-state index in [0.717, 1.165) is 5.56 Å². The lowest BCUT2D eigenvalue weighted by Gasteiger charge is -1.95. The van der Waals surface area contributed by atoms with Gasteiger partial charge in [0.05, 0.1) is 18.1 Å². The number of nitrogens with zero attached hydrogens (tertiary/aromatic N) is 2. The summed E-state index contributed by atoms with van der Waals surface area (Å²) in [6.45, 7) is 0. The van der Waals surface area contributed by atoms with Gasteiger partial charge in [-0.2, -0.15) is 5.10 Å². The lowest BCUT2D eigenvalue weighted by atomic mass is 10.2. The van der Waals surface area contributed by atoms with E-state index < -0.39 is 0 Å². The maximum Gasteiger partial charge on any atom is 0.0590 e. The Bertz CT molecular complexity index is 256. The van der Waals surface area contributed by atoms with Crippen molar-refractivity contribution in [2.24, 2.45) is 5.10 Å². The first-order valence-corrected chi connectivity index (χ1v) is 3.24. The summed E-state index contributed by atoms with van der Waals surface area (Å²) in [7, 11) is 1.73. The van der Waals surface area contributed by atoms with Gasteiger partial charge in [0.15, 0.2) is 0 Å². The summed E-state index contributed by atoms with van der Waals surface area (Å²) in [5.74, 6) is 0. The fourth-order valence-electron chi connectivity index (χ4n) is 0.669. The van der Waals surface area contributed by atoms with E-state index in [4.69, 9.17) is 5.73 Å². The third kappa shape index (κ3) is 1.93. The van der Waals surface area contributed by atoms with Crippen LogP contribution in [-0.4, -0.2) is 18.2 Å². The molecule has 0 aromatic carbocycles. The van der Waals surface area contributed by atoms with Crippen LogP contribution in [0.5, 0.6) is 0 Å². The van der Waals surface area contributed by atoms with Crippen molar-refractivity contribution >= 4 is 11.9 Å². The van der Waals surface area contributed by atoms with Crippen LogP contribution in [0, 0.1) is 0 Å². The van der Waals surface area contributed by atoms with E-state index >= 15 is 0 Å². The molecule has 0 radical (unpaired) electrons. The second-order valence-corrected chi connectivity index (χ2v) is 1.99. The van der Waals surface area contributed by atoms with Crippen molar-refractivity contribution in [1.82, 2.24) is 10.4 Å². The molecule has 0 aliphatic heterocycles. The SMILES string of the molecule is CN/N=C\c1ccncc1N. The van der Waals surface area contributed by atoms with Crippen LogP contribution in [0.4, 0.5) is 5.69 Å². The fourth-order valence-corrected chi connectivity index (χ4v) is 0.669. The van der Waals surface area contributed by atoms with E-state index in [0.29, 0.717) is 5.69 Å². The smallest absolute Gasteiger partial charge is 0.0590 e. The fraction of sp³-hybridized carbons (Fsp3) is 0.143. The molecule has 0 amide bonds. The summed E-state index contributed by atoms with van der Waals surface area (Å²) < 4.78 is 0. The van der Waals surface area contributed by atoms with Gasteiger partial charge in [-0.15, -0.1) is 0 Å². The Hall–Kier alpha value is -1.58. The standard InChI is InChI=1S/C7H10N4/c1-9-11-4-6-2-3-10-5-7(6)8/h2-5,9H,8H2,1H3/b11-4-. The molecule has 3 N–H and O–H groups in total. The lowest BCUT2D eigenvalue weighted by molar-refractivity contribution is 0.908. The van der Waals surface area contributed by atoms with Gasteiger partial charge in [0.25, 0.3) is 0 Å². The highest BCUT2D eigenvalue weighted by molar-refractivity contribution is 5.86. The zero-order valence-electron chi connectivity index (χ0n) is 6.28. The Morgan fingerprint density at radius 3 is 3.18 bits per heavy atom. The number of aromatic nitrogens is 1. The Labute approximate surface area is 65.1 Å². The molecule has 0 aliphatic rings. The van der Waals surface area contributed by atoms with Crippen LogP contribution in [0.2, 0.25) is 0 Å². The summed E-state index contributed by atoms with van der Waals surface area (Å²) in [6, 6.07) is 1.80. The molecule has 0 saturated carbocycles. The van der Waals surface area contributed by atoms with Crippen LogP contribution >= 0.6 is 0 Å². The minimum absolute atomic E-state index is 0.631. The second-order valence-electron chi connectivity index (χ2n) is 1.99. The third-order valence-corrected chi connectivity index (χ3v) is 1.22. The molecule has 0 bridgehead atoms. The molecule has 0 atom stereocenters. The Balaban J connectivity index is 2.86. The largest absolute Gasteiger partial charge is 0.397 e. The molecular formula is C7H10N4. The number of pyridine rings is 1. The van der Waals surface area contributed by atoms with Crippen molar-refractivity contribution in [3.8, 4) is 0 Å². The highest BCUT2D eigenvalue weighted by Gasteiger charge is 1.91. The molecular weight excluding hydrogens is 140 g/mol. The molecule has 4 nitrogen and oxygen atoms in total. The molecule has 1 rings (SSSR count). The highest BCUT2D eigenvalue weighted by Crippen LogP contribution is 2.04. The van der Waals surface area contributed by atoms with Crippen molar-refractivity contribution in [1.29, 1.82) is 0 Å². The van der Waals surface area contributed by atoms with Gasteiger partial charge in [-0.05, 0) is 6.07 Å². The maximum absolute atomic E-state index is 5.58. The van der Waals surface area contributed by atoms with Crippen molar-refractivity contribution in [3.63, 3.8) is 0 Å². The van der Waals surface area contributed by atoms with Crippen molar-refractivity contribution in [3.05, 3.63) is 24.0 Å². The van der Waals surface area contributed by atoms with Gasteiger partial charge < -0.3 is 11.2 Å². The van der Waals surface area contributed by atoms with Gasteiger partial charge >= 0.3 is 0 Å². The van der Waals surface area contributed by atoms with Gasteiger partial charge in [0.1, 0.15) is 0 Å². The average Bonchev–Trinajstić information content (AvgIpc) is 2.03. The van der Waals surface area contributed by atoms with Crippen LogP contribution < -0.4 is 11.2 Å². The molecule has 0 aliphatic carbocycles. The summed E-state index contributed by atoms with van der Waals surface area (Å²) in [6.07, 6.45) is 4.92. The van der Waals surface area contributed by atoms with Gasteiger partial charge in [0.2, 0.25) is 0 Å². The van der Waals surface area contributed by atoms with Crippen LogP contribution in [-0.2, 0) is 0 Å². The maximum atomic E-state index is 5.58. The number of nitrogens with one attached hydrogen (secondary N) is 1. The zero-order chi connectivity index (χ0) is 8.10. The van der Waals surface area contributed by atoms with E-state index in [1.165, 1.54) is 0 Å². The van der Waals surface area contributed by atoms with Crippen LogP contribution in [0.3, 0.4) is 0 Å². The topological polar surface area (TPSA) is 63.3 Å². The number of nitrogens with two attached hydrogens (primary N) is 1. The first-order chi connectivity index (χ1) is 5.34. The minimum Gasteiger partial charge on any atom is -0.397 e. The quantitative estimate of drug-likeness (QED) is 0.468. The first kappa shape index (κ1) is 7.53. The molecule has 58 valence electrons. The normalized spacial score (nSPS) is 10.3. The molecule has 11 heavy (non-hydrogen) atoms. The highest BCUT2D eigenvalue weighted by atomic mass is 15.3. The molecule has 0 unspecified atom stereocenters. The summed E-state index contributed by atoms with van der Waals surface area (Å²) in [5.41, 5.74) is 9.72. The Kier molecular flexibility index (Phi) is 2.43. The second kappa shape index (κ2) is 3.55. The van der Waals surface area contributed by atoms with Crippen molar-refractivity contribution in [2.75, 3.05) is 12.8 Å². The number of hydrazone groups is 1. The van der Waals surface area contributed by atoms with E-state index in [2.05, 4.69) is 15.5 Å². The van der Waals surface area contributed by atoms with Crippen LogP contribution in [0.1, 0.15) is 5.56 Å². The van der Waals surface area contributed by atoms with Gasteiger partial charge in [0, 0.05) is 18.8 Å². The number of nitrogen functional groups attached to an aromatic ring is 1. The summed E-state index contributed by atoms with van der Waals surface area (Å²) in [4.78, 5) is 3.85. The molecule has 4 heteroatoms. The molecule has 1 heterocycles. The van der Waals surface area contributed by atoms with Gasteiger partial charge in [-0.3, -0.25) is 4.98 Å². The molecule has 1 aromatic rings. The van der Waals surface area contributed by atoms with Crippen LogP contribution in [0.15, 0.2) is 23.6 Å². The number of rotatable bonds is 2. The zero-order valence-corrected chi connectivity index (χ0v) is 6.28. The lowest BCUT2D eigenvalue weighted by Crippen LogP contribution is -1.98. The van der Waals surface area contributed by atoms with Gasteiger partial charge in [-0.1, -0.05) is 0 Å². The summed E-state index contributed by atoms with van der Waals surface area (Å²) >= 11 is 0. The number of hydrogen-bond acceptors (Lipinski definition) is 4. The number of anilines is 1. The van der Waals surface area contributed by atoms with E-state index in [9.17, 15) is 0 Å². The van der Waals surface area contributed by atoms with Crippen molar-refractivity contribution in [2.45, 2.75) is 0 Å². The minimum atomic E-state index is 0.631. The Morgan fingerprint density at radius 2 is 2.55 bits per heavy atom.